The van der Waals surface area contributed by atoms with E-state index in [0.29, 0.717) is 24.8 Å². The highest BCUT2D eigenvalue weighted by Gasteiger charge is 2.27. The van der Waals surface area contributed by atoms with Crippen molar-refractivity contribution in [2.24, 2.45) is 0 Å². The van der Waals surface area contributed by atoms with Gasteiger partial charge in [0.25, 0.3) is 0 Å². The van der Waals surface area contributed by atoms with Crippen LogP contribution < -0.4 is 5.32 Å². The van der Waals surface area contributed by atoms with E-state index in [1.165, 1.54) is 5.56 Å². The van der Waals surface area contributed by atoms with E-state index < -0.39 is 0 Å². The molecule has 2 aromatic rings. The Morgan fingerprint density at radius 2 is 2.08 bits per heavy atom. The fourth-order valence-corrected chi connectivity index (χ4v) is 3.04. The Hall–Kier alpha value is -2.14. The van der Waals surface area contributed by atoms with Gasteiger partial charge in [-0.1, -0.05) is 29.8 Å². The number of amides is 1. The van der Waals surface area contributed by atoms with Gasteiger partial charge in [0.15, 0.2) is 11.7 Å². The normalized spacial score (nSPS) is 21.0. The molecule has 2 unspecified atom stereocenters. The Morgan fingerprint density at radius 3 is 2.83 bits per heavy atom. The quantitative estimate of drug-likeness (QED) is 0.938. The van der Waals surface area contributed by atoms with Crippen molar-refractivity contribution in [3.63, 3.8) is 0 Å². The third-order valence-electron chi connectivity index (χ3n) is 4.80. The summed E-state index contributed by atoms with van der Waals surface area (Å²) in [5, 5.41) is 3.39. The van der Waals surface area contributed by atoms with Gasteiger partial charge in [-0.2, -0.15) is 0 Å². The molecule has 128 valence electrons. The van der Waals surface area contributed by atoms with Crippen LogP contribution >= 0.6 is 0 Å². The lowest BCUT2D eigenvalue weighted by Crippen LogP contribution is -2.57. The fraction of sp³-hybridized carbons (Fsp3) is 0.474. The van der Waals surface area contributed by atoms with Gasteiger partial charge in [-0.15, -0.1) is 0 Å². The number of benzene rings is 1. The zero-order chi connectivity index (χ0) is 17.1. The van der Waals surface area contributed by atoms with Crippen LogP contribution in [-0.2, 0) is 11.2 Å². The van der Waals surface area contributed by atoms with Gasteiger partial charge in [0.05, 0.1) is 6.20 Å². The lowest BCUT2D eigenvalue weighted by Gasteiger charge is -2.38. The molecule has 2 atom stereocenters. The lowest BCUT2D eigenvalue weighted by atomic mass is 10.1. The summed E-state index contributed by atoms with van der Waals surface area (Å²) in [7, 11) is 0. The van der Waals surface area contributed by atoms with Crippen LogP contribution in [0.1, 0.15) is 31.7 Å². The van der Waals surface area contributed by atoms with Gasteiger partial charge in [-0.05, 0) is 20.8 Å². The van der Waals surface area contributed by atoms with Crippen LogP contribution in [0.25, 0.3) is 11.3 Å². The van der Waals surface area contributed by atoms with E-state index in [1.807, 2.05) is 29.2 Å². The summed E-state index contributed by atoms with van der Waals surface area (Å²) in [6, 6.07) is 8.70. The highest BCUT2D eigenvalue weighted by molar-refractivity contribution is 5.77. The molecule has 1 aromatic heterocycles. The molecule has 24 heavy (non-hydrogen) atoms. The molecule has 0 spiro atoms. The smallest absolute Gasteiger partial charge is 0.223 e. The second-order valence-corrected chi connectivity index (χ2v) is 6.55. The maximum absolute atomic E-state index is 12.5. The standard InChI is InChI=1S/C19H25N3O2/c1-13-4-6-16(7-5-13)17-12-21-18(24-17)8-9-19(23)22-11-10-20-14(2)15(22)3/h4-7,12,14-15,20H,8-11H2,1-3H3. The largest absolute Gasteiger partial charge is 0.441 e. The SMILES string of the molecule is Cc1ccc(-c2cnc(CCC(=O)N3CCNC(C)C3C)o2)cc1. The number of piperazine rings is 1. The monoisotopic (exact) mass is 327 g/mol. The molecule has 1 amide bonds. The first-order chi connectivity index (χ1) is 11.5. The van der Waals surface area contributed by atoms with E-state index in [1.54, 1.807) is 6.20 Å². The van der Waals surface area contributed by atoms with Crippen LogP contribution in [0.15, 0.2) is 34.9 Å². The number of aryl methyl sites for hydroxylation is 2. The molecule has 3 rings (SSSR count). The number of oxazole rings is 1. The topological polar surface area (TPSA) is 58.4 Å². The Labute approximate surface area is 143 Å². The highest BCUT2D eigenvalue weighted by Crippen LogP contribution is 2.21. The molecule has 2 heterocycles. The van der Waals surface area contributed by atoms with E-state index in [0.717, 1.165) is 24.4 Å². The number of aromatic nitrogens is 1. The Morgan fingerprint density at radius 1 is 1.33 bits per heavy atom. The molecule has 1 fully saturated rings. The number of carbonyl (C=O) groups excluding carboxylic acids is 1. The molecule has 0 aliphatic carbocycles. The molecule has 1 aliphatic rings. The molecule has 1 aromatic carbocycles. The van der Waals surface area contributed by atoms with E-state index >= 15 is 0 Å². The van der Waals surface area contributed by atoms with Crippen LogP contribution in [-0.4, -0.2) is 41.0 Å². The zero-order valence-corrected chi connectivity index (χ0v) is 14.6. The number of carbonyl (C=O) groups is 1. The fourth-order valence-electron chi connectivity index (χ4n) is 3.04. The molecule has 1 aliphatic heterocycles. The lowest BCUT2D eigenvalue weighted by molar-refractivity contribution is -0.134. The first-order valence-corrected chi connectivity index (χ1v) is 8.59. The van der Waals surface area contributed by atoms with Gasteiger partial charge in [0.1, 0.15) is 0 Å². The van der Waals surface area contributed by atoms with Crippen molar-refractivity contribution in [1.29, 1.82) is 0 Å². The average Bonchev–Trinajstić information content (AvgIpc) is 3.05. The number of nitrogens with one attached hydrogen (secondary N) is 1. The minimum atomic E-state index is 0.172. The van der Waals surface area contributed by atoms with Crippen LogP contribution in [0.5, 0.6) is 0 Å². The van der Waals surface area contributed by atoms with E-state index in [-0.39, 0.29) is 11.9 Å². The average molecular weight is 327 g/mol. The van der Waals surface area contributed by atoms with Crippen LogP contribution in [0.2, 0.25) is 0 Å². The van der Waals surface area contributed by atoms with Gasteiger partial charge in [0.2, 0.25) is 5.91 Å². The van der Waals surface area contributed by atoms with Crippen molar-refractivity contribution < 1.29 is 9.21 Å². The third kappa shape index (κ3) is 3.67. The molecular weight excluding hydrogens is 302 g/mol. The van der Waals surface area contributed by atoms with Crippen LogP contribution in [0, 0.1) is 6.92 Å². The van der Waals surface area contributed by atoms with Crippen molar-refractivity contribution >= 4 is 5.91 Å². The van der Waals surface area contributed by atoms with Crippen molar-refractivity contribution in [2.45, 2.75) is 45.7 Å². The summed E-state index contributed by atoms with van der Waals surface area (Å²) in [6.07, 6.45) is 2.71. The highest BCUT2D eigenvalue weighted by atomic mass is 16.4. The van der Waals surface area contributed by atoms with E-state index in [9.17, 15) is 4.79 Å². The summed E-state index contributed by atoms with van der Waals surface area (Å²) in [5.74, 6) is 1.54. The summed E-state index contributed by atoms with van der Waals surface area (Å²) >= 11 is 0. The Bertz CT molecular complexity index is 693. The van der Waals surface area contributed by atoms with Crippen molar-refractivity contribution in [2.75, 3.05) is 13.1 Å². The summed E-state index contributed by atoms with van der Waals surface area (Å²) in [4.78, 5) is 18.7. The maximum atomic E-state index is 12.5. The predicted molar refractivity (Wildman–Crippen MR) is 93.6 cm³/mol. The predicted octanol–water partition coefficient (Wildman–Crippen LogP) is 2.79. The summed E-state index contributed by atoms with van der Waals surface area (Å²) in [5.41, 5.74) is 2.22. The van der Waals surface area contributed by atoms with Crippen LogP contribution in [0.4, 0.5) is 0 Å². The van der Waals surface area contributed by atoms with Crippen molar-refractivity contribution in [3.05, 3.63) is 41.9 Å². The molecule has 5 nitrogen and oxygen atoms in total. The summed E-state index contributed by atoms with van der Waals surface area (Å²) < 4.78 is 5.80. The number of hydrogen-bond donors (Lipinski definition) is 1. The molecule has 0 bridgehead atoms. The first-order valence-electron chi connectivity index (χ1n) is 8.59. The number of hydrogen-bond acceptors (Lipinski definition) is 4. The molecule has 0 saturated carbocycles. The first kappa shape index (κ1) is 16.7. The van der Waals surface area contributed by atoms with Gasteiger partial charge >= 0.3 is 0 Å². The maximum Gasteiger partial charge on any atom is 0.223 e. The second-order valence-electron chi connectivity index (χ2n) is 6.55. The number of rotatable bonds is 4. The Balaban J connectivity index is 1.59. The van der Waals surface area contributed by atoms with Crippen LogP contribution in [0.3, 0.4) is 0 Å². The molecule has 5 heteroatoms. The van der Waals surface area contributed by atoms with Crippen molar-refractivity contribution in [1.82, 2.24) is 15.2 Å². The van der Waals surface area contributed by atoms with Gasteiger partial charge in [0, 0.05) is 43.6 Å². The van der Waals surface area contributed by atoms with E-state index in [2.05, 4.69) is 31.1 Å². The minimum Gasteiger partial charge on any atom is -0.441 e. The molecule has 1 saturated heterocycles. The van der Waals surface area contributed by atoms with Gasteiger partial charge < -0.3 is 14.6 Å². The molecule has 1 N–H and O–H groups in total. The van der Waals surface area contributed by atoms with Crippen molar-refractivity contribution in [3.8, 4) is 11.3 Å². The van der Waals surface area contributed by atoms with Gasteiger partial charge in [-0.25, -0.2) is 4.98 Å². The molecular formula is C19H25N3O2. The van der Waals surface area contributed by atoms with Gasteiger partial charge in [-0.3, -0.25) is 4.79 Å². The minimum absolute atomic E-state index is 0.172. The number of nitrogens with zero attached hydrogens (tertiary/aromatic N) is 2. The third-order valence-corrected chi connectivity index (χ3v) is 4.80. The summed E-state index contributed by atoms with van der Waals surface area (Å²) in [6.45, 7) is 7.89. The molecule has 0 radical (unpaired) electrons. The second kappa shape index (κ2) is 7.18. The zero-order valence-electron chi connectivity index (χ0n) is 14.6. The Kier molecular flexibility index (Phi) is 5.00. The van der Waals surface area contributed by atoms with E-state index in [4.69, 9.17) is 4.42 Å².